The lowest BCUT2D eigenvalue weighted by Gasteiger charge is -2.48. The maximum absolute atomic E-state index is 12.5. The highest BCUT2D eigenvalue weighted by Gasteiger charge is 2.41. The predicted octanol–water partition coefficient (Wildman–Crippen LogP) is 2.81. The molecule has 0 saturated carbocycles. The second-order valence-corrected chi connectivity index (χ2v) is 8.47. The minimum Gasteiger partial charge on any atom is -0.348 e. The van der Waals surface area contributed by atoms with Crippen molar-refractivity contribution in [2.75, 3.05) is 26.2 Å². The van der Waals surface area contributed by atoms with Crippen LogP contribution in [0.3, 0.4) is 0 Å². The first-order chi connectivity index (χ1) is 13.7. The highest BCUT2D eigenvalue weighted by atomic mass is 16.2. The summed E-state index contributed by atoms with van der Waals surface area (Å²) >= 11 is 0. The number of piperidine rings is 2. The van der Waals surface area contributed by atoms with Gasteiger partial charge in [-0.15, -0.1) is 0 Å². The molecule has 2 aromatic rings. The molecule has 2 aromatic heterocycles. The third-order valence-electron chi connectivity index (χ3n) is 6.37. The summed E-state index contributed by atoms with van der Waals surface area (Å²) in [4.78, 5) is 29.0. The zero-order valence-corrected chi connectivity index (χ0v) is 16.9. The maximum Gasteiger partial charge on any atom is 0.222 e. The molecule has 28 heavy (non-hydrogen) atoms. The summed E-state index contributed by atoms with van der Waals surface area (Å²) in [7, 11) is 0. The molecule has 1 atom stereocenters. The molecule has 6 nitrogen and oxygen atoms in total. The van der Waals surface area contributed by atoms with Gasteiger partial charge in [-0.1, -0.05) is 13.0 Å². The summed E-state index contributed by atoms with van der Waals surface area (Å²) < 4.78 is 0. The highest BCUT2D eigenvalue weighted by molar-refractivity contribution is 5.77. The largest absolute Gasteiger partial charge is 0.348 e. The van der Waals surface area contributed by atoms with Crippen LogP contribution in [0.2, 0.25) is 0 Å². The first-order valence-electron chi connectivity index (χ1n) is 10.6. The van der Waals surface area contributed by atoms with Gasteiger partial charge in [0, 0.05) is 62.5 Å². The molecule has 0 aromatic carbocycles. The number of nitrogens with zero attached hydrogens (tertiary/aromatic N) is 4. The molecule has 1 N–H and O–H groups in total. The minimum absolute atomic E-state index is 0.240. The molecule has 1 spiro atoms. The van der Waals surface area contributed by atoms with Crippen molar-refractivity contribution in [3.8, 4) is 0 Å². The molecule has 1 amide bonds. The van der Waals surface area contributed by atoms with E-state index in [0.717, 1.165) is 63.4 Å². The van der Waals surface area contributed by atoms with Crippen LogP contribution >= 0.6 is 0 Å². The van der Waals surface area contributed by atoms with Crippen molar-refractivity contribution in [2.24, 2.45) is 5.41 Å². The van der Waals surface area contributed by atoms with Crippen LogP contribution in [-0.2, 0) is 24.2 Å². The molecule has 2 aliphatic rings. The standard InChI is InChI=1S/C22H31N5O/c1-2-18-4-5-20(24-12-18)14-26-10-3-8-22(15-26)9-6-21(28)27(16-22)11-7-19-13-23-17-25-19/h4-5,12-13,17H,2-3,6-11,14-16H2,1H3,(H,23,25)/t22-/m0/s1. The van der Waals surface area contributed by atoms with Crippen molar-refractivity contribution in [1.82, 2.24) is 24.8 Å². The second kappa shape index (κ2) is 8.43. The molecule has 0 radical (unpaired) electrons. The Hall–Kier alpha value is -2.21. The van der Waals surface area contributed by atoms with Crippen molar-refractivity contribution in [3.05, 3.63) is 47.8 Å². The number of aromatic nitrogens is 3. The van der Waals surface area contributed by atoms with Gasteiger partial charge in [-0.25, -0.2) is 4.98 Å². The van der Waals surface area contributed by atoms with E-state index in [1.54, 1.807) is 6.33 Å². The van der Waals surface area contributed by atoms with Gasteiger partial charge in [0.05, 0.1) is 12.0 Å². The average Bonchev–Trinajstić information content (AvgIpc) is 3.23. The predicted molar refractivity (Wildman–Crippen MR) is 109 cm³/mol. The summed E-state index contributed by atoms with van der Waals surface area (Å²) in [5.41, 5.74) is 3.78. The van der Waals surface area contributed by atoms with Crippen LogP contribution in [0, 0.1) is 5.41 Å². The summed E-state index contributed by atoms with van der Waals surface area (Å²) in [6.45, 7) is 6.93. The lowest BCUT2D eigenvalue weighted by molar-refractivity contribution is -0.139. The highest BCUT2D eigenvalue weighted by Crippen LogP contribution is 2.39. The number of imidazole rings is 1. The first kappa shape index (κ1) is 19.1. The summed E-state index contributed by atoms with van der Waals surface area (Å²) in [5, 5.41) is 0. The normalized spacial score (nSPS) is 23.5. The Bertz CT molecular complexity index is 773. The fourth-order valence-corrected chi connectivity index (χ4v) is 4.75. The van der Waals surface area contributed by atoms with E-state index >= 15 is 0 Å². The molecule has 0 aliphatic carbocycles. The Morgan fingerprint density at radius 1 is 1.21 bits per heavy atom. The second-order valence-electron chi connectivity index (χ2n) is 8.47. The van der Waals surface area contributed by atoms with Crippen molar-refractivity contribution < 1.29 is 4.79 Å². The number of rotatable bonds is 6. The van der Waals surface area contributed by atoms with Crippen molar-refractivity contribution in [2.45, 2.75) is 52.0 Å². The topological polar surface area (TPSA) is 65.1 Å². The monoisotopic (exact) mass is 381 g/mol. The lowest BCUT2D eigenvalue weighted by Crippen LogP contribution is -2.54. The van der Waals surface area contributed by atoms with E-state index in [2.05, 4.69) is 43.8 Å². The third-order valence-corrected chi connectivity index (χ3v) is 6.37. The zero-order chi connectivity index (χ0) is 19.4. The Labute approximate surface area is 167 Å². The number of aromatic amines is 1. The molecule has 6 heteroatoms. The number of pyridine rings is 1. The van der Waals surface area contributed by atoms with Gasteiger partial charge in [-0.05, 0) is 43.9 Å². The van der Waals surface area contributed by atoms with Gasteiger partial charge in [-0.3, -0.25) is 14.7 Å². The molecule has 0 bridgehead atoms. The van der Waals surface area contributed by atoms with E-state index in [1.807, 2.05) is 12.4 Å². The van der Waals surface area contributed by atoms with Crippen molar-refractivity contribution in [1.29, 1.82) is 0 Å². The smallest absolute Gasteiger partial charge is 0.222 e. The van der Waals surface area contributed by atoms with Crippen LogP contribution in [0.25, 0.3) is 0 Å². The minimum atomic E-state index is 0.240. The van der Waals surface area contributed by atoms with Gasteiger partial charge in [0.1, 0.15) is 0 Å². The quantitative estimate of drug-likeness (QED) is 0.836. The van der Waals surface area contributed by atoms with Crippen LogP contribution < -0.4 is 0 Å². The molecule has 4 heterocycles. The van der Waals surface area contributed by atoms with Gasteiger partial charge in [0.2, 0.25) is 5.91 Å². The van der Waals surface area contributed by atoms with Crippen molar-refractivity contribution >= 4 is 5.91 Å². The zero-order valence-electron chi connectivity index (χ0n) is 16.9. The van der Waals surface area contributed by atoms with Crippen LogP contribution in [0.5, 0.6) is 0 Å². The lowest BCUT2D eigenvalue weighted by atomic mass is 9.73. The van der Waals surface area contributed by atoms with Crippen LogP contribution in [0.15, 0.2) is 30.9 Å². The fraction of sp³-hybridized carbons (Fsp3) is 0.591. The molecular formula is C22H31N5O. The number of nitrogens with one attached hydrogen (secondary N) is 1. The molecule has 2 aliphatic heterocycles. The van der Waals surface area contributed by atoms with Gasteiger partial charge in [0.25, 0.3) is 0 Å². The van der Waals surface area contributed by atoms with Crippen LogP contribution in [-0.4, -0.2) is 56.8 Å². The number of hydrogen-bond donors (Lipinski definition) is 1. The van der Waals surface area contributed by atoms with E-state index < -0.39 is 0 Å². The summed E-state index contributed by atoms with van der Waals surface area (Å²) in [6, 6.07) is 4.36. The number of amides is 1. The number of carbonyl (C=O) groups is 1. The number of aryl methyl sites for hydroxylation is 1. The SMILES string of the molecule is CCc1ccc(CN2CCC[C@]3(CCC(=O)N(CCc4cnc[nH]4)C3)C2)nc1. The Kier molecular flexibility index (Phi) is 5.76. The van der Waals surface area contributed by atoms with E-state index in [9.17, 15) is 4.79 Å². The third kappa shape index (κ3) is 4.43. The van der Waals surface area contributed by atoms with Gasteiger partial charge in [0.15, 0.2) is 0 Å². The van der Waals surface area contributed by atoms with Crippen LogP contribution in [0.4, 0.5) is 0 Å². The van der Waals surface area contributed by atoms with E-state index in [0.29, 0.717) is 12.3 Å². The van der Waals surface area contributed by atoms with Gasteiger partial charge >= 0.3 is 0 Å². The molecule has 0 unspecified atom stereocenters. The van der Waals surface area contributed by atoms with E-state index in [-0.39, 0.29) is 5.41 Å². The molecule has 2 saturated heterocycles. The number of H-pyrrole nitrogens is 1. The Morgan fingerprint density at radius 2 is 2.14 bits per heavy atom. The fourth-order valence-electron chi connectivity index (χ4n) is 4.75. The number of likely N-dealkylation sites (tertiary alicyclic amines) is 2. The van der Waals surface area contributed by atoms with Crippen molar-refractivity contribution in [3.63, 3.8) is 0 Å². The maximum atomic E-state index is 12.5. The number of carbonyl (C=O) groups excluding carboxylic acids is 1. The molecule has 4 rings (SSSR count). The molecular weight excluding hydrogens is 350 g/mol. The van der Waals surface area contributed by atoms with E-state index in [4.69, 9.17) is 0 Å². The summed E-state index contributed by atoms with van der Waals surface area (Å²) in [5.74, 6) is 0.305. The number of hydrogen-bond acceptors (Lipinski definition) is 4. The first-order valence-corrected chi connectivity index (χ1v) is 10.6. The Balaban J connectivity index is 1.37. The van der Waals surface area contributed by atoms with Crippen LogP contribution in [0.1, 0.15) is 49.6 Å². The van der Waals surface area contributed by atoms with Gasteiger partial charge in [-0.2, -0.15) is 0 Å². The average molecular weight is 382 g/mol. The molecule has 150 valence electrons. The van der Waals surface area contributed by atoms with E-state index in [1.165, 1.54) is 18.4 Å². The molecule has 2 fully saturated rings. The van der Waals surface area contributed by atoms with Gasteiger partial charge < -0.3 is 9.88 Å². The summed E-state index contributed by atoms with van der Waals surface area (Å²) in [6.07, 6.45) is 11.6. The Morgan fingerprint density at radius 3 is 2.89 bits per heavy atom.